The first-order valence-electron chi connectivity index (χ1n) is 5.05. The van der Waals surface area contributed by atoms with Gasteiger partial charge in [0.2, 0.25) is 0 Å². The van der Waals surface area contributed by atoms with Gasteiger partial charge in [0.15, 0.2) is 0 Å². The van der Waals surface area contributed by atoms with Gasteiger partial charge in [-0.2, -0.15) is 0 Å². The third-order valence-electron chi connectivity index (χ3n) is 2.20. The highest BCUT2D eigenvalue weighted by molar-refractivity contribution is 5.97. The molecule has 1 amide bonds. The monoisotopic (exact) mass is 201 g/mol. The van der Waals surface area contributed by atoms with Crippen molar-refractivity contribution in [1.82, 2.24) is 5.32 Å². The number of terminal acetylenes is 1. The fourth-order valence-corrected chi connectivity index (χ4v) is 1.38. The summed E-state index contributed by atoms with van der Waals surface area (Å²) in [6, 6.07) is 5.51. The van der Waals surface area contributed by atoms with Crippen LogP contribution in [-0.2, 0) is 0 Å². The highest BCUT2D eigenvalue weighted by atomic mass is 16.1. The molecule has 2 heteroatoms. The largest absolute Gasteiger partial charge is 0.352 e. The van der Waals surface area contributed by atoms with Crippen LogP contribution in [0.4, 0.5) is 0 Å². The topological polar surface area (TPSA) is 29.1 Å². The van der Waals surface area contributed by atoms with E-state index >= 15 is 0 Å². The SMILES string of the molecule is C#Cc1c(C)cccc1C(=O)NCCC. The van der Waals surface area contributed by atoms with Crippen LogP contribution in [0.5, 0.6) is 0 Å². The van der Waals surface area contributed by atoms with Gasteiger partial charge in [0.05, 0.1) is 5.56 Å². The molecule has 1 aromatic rings. The van der Waals surface area contributed by atoms with E-state index in [-0.39, 0.29) is 5.91 Å². The van der Waals surface area contributed by atoms with E-state index in [1.807, 2.05) is 26.0 Å². The number of aryl methyl sites for hydroxylation is 1. The number of amides is 1. The molecule has 78 valence electrons. The van der Waals surface area contributed by atoms with E-state index in [0.717, 1.165) is 12.0 Å². The molecule has 0 saturated heterocycles. The van der Waals surface area contributed by atoms with E-state index < -0.39 is 0 Å². The first-order valence-corrected chi connectivity index (χ1v) is 5.05. The third-order valence-corrected chi connectivity index (χ3v) is 2.20. The van der Waals surface area contributed by atoms with E-state index in [1.54, 1.807) is 6.07 Å². The molecule has 0 saturated carbocycles. The van der Waals surface area contributed by atoms with Gasteiger partial charge in [-0.25, -0.2) is 0 Å². The molecule has 0 aliphatic heterocycles. The zero-order valence-corrected chi connectivity index (χ0v) is 9.13. The molecule has 1 rings (SSSR count). The van der Waals surface area contributed by atoms with Crippen LogP contribution in [-0.4, -0.2) is 12.5 Å². The lowest BCUT2D eigenvalue weighted by molar-refractivity contribution is 0.0953. The predicted molar refractivity (Wildman–Crippen MR) is 61.7 cm³/mol. The normalized spacial score (nSPS) is 9.40. The molecule has 1 aromatic carbocycles. The standard InChI is InChI=1S/C13H15NO/c1-4-9-14-13(15)12-8-6-7-10(3)11(12)5-2/h2,6-8H,4,9H2,1,3H3,(H,14,15). The zero-order chi connectivity index (χ0) is 11.3. The van der Waals surface area contributed by atoms with Gasteiger partial charge in [-0.15, -0.1) is 6.42 Å². The van der Waals surface area contributed by atoms with Crippen LogP contribution in [0.15, 0.2) is 18.2 Å². The molecule has 0 radical (unpaired) electrons. The molecule has 0 heterocycles. The summed E-state index contributed by atoms with van der Waals surface area (Å²) in [5, 5.41) is 2.82. The Morgan fingerprint density at radius 3 is 2.87 bits per heavy atom. The zero-order valence-electron chi connectivity index (χ0n) is 9.13. The summed E-state index contributed by atoms with van der Waals surface area (Å²) >= 11 is 0. The lowest BCUT2D eigenvalue weighted by Gasteiger charge is -2.07. The van der Waals surface area contributed by atoms with Crippen LogP contribution < -0.4 is 5.32 Å². The van der Waals surface area contributed by atoms with Crippen molar-refractivity contribution in [2.45, 2.75) is 20.3 Å². The Hall–Kier alpha value is -1.75. The summed E-state index contributed by atoms with van der Waals surface area (Å²) in [7, 11) is 0. The van der Waals surface area contributed by atoms with Crippen molar-refractivity contribution >= 4 is 5.91 Å². The molecular formula is C13H15NO. The molecule has 0 aliphatic rings. The van der Waals surface area contributed by atoms with Crippen molar-refractivity contribution in [2.75, 3.05) is 6.54 Å². The van der Waals surface area contributed by atoms with Crippen LogP contribution >= 0.6 is 0 Å². The number of carbonyl (C=O) groups is 1. The summed E-state index contributed by atoms with van der Waals surface area (Å²) in [4.78, 5) is 11.7. The Balaban J connectivity index is 2.99. The number of nitrogens with one attached hydrogen (secondary N) is 1. The maximum absolute atomic E-state index is 11.7. The van der Waals surface area contributed by atoms with E-state index in [9.17, 15) is 4.79 Å². The van der Waals surface area contributed by atoms with E-state index in [4.69, 9.17) is 6.42 Å². The van der Waals surface area contributed by atoms with Crippen molar-refractivity contribution in [3.63, 3.8) is 0 Å². The van der Waals surface area contributed by atoms with Gasteiger partial charge in [0.1, 0.15) is 0 Å². The molecule has 2 nitrogen and oxygen atoms in total. The molecule has 1 N–H and O–H groups in total. The molecule has 0 aromatic heterocycles. The third kappa shape index (κ3) is 2.60. The van der Waals surface area contributed by atoms with E-state index in [1.165, 1.54) is 0 Å². The Morgan fingerprint density at radius 2 is 2.27 bits per heavy atom. The average molecular weight is 201 g/mol. The Kier molecular flexibility index (Phi) is 3.93. The summed E-state index contributed by atoms with van der Waals surface area (Å²) in [6.45, 7) is 4.60. The first kappa shape index (κ1) is 11.3. The van der Waals surface area contributed by atoms with Crippen LogP contribution in [0.25, 0.3) is 0 Å². The second-order valence-corrected chi connectivity index (χ2v) is 3.40. The van der Waals surface area contributed by atoms with Gasteiger partial charge in [0.25, 0.3) is 5.91 Å². The molecular weight excluding hydrogens is 186 g/mol. The van der Waals surface area contributed by atoms with Crippen LogP contribution in [0, 0.1) is 19.3 Å². The lowest BCUT2D eigenvalue weighted by Crippen LogP contribution is -2.25. The van der Waals surface area contributed by atoms with Crippen LogP contribution in [0.1, 0.15) is 34.8 Å². The average Bonchev–Trinajstić information content (AvgIpc) is 2.25. The molecule has 0 unspecified atom stereocenters. The van der Waals surface area contributed by atoms with Gasteiger partial charge in [-0.1, -0.05) is 25.0 Å². The first-order chi connectivity index (χ1) is 7.20. The molecule has 0 atom stereocenters. The number of rotatable bonds is 3. The maximum atomic E-state index is 11.7. The number of benzene rings is 1. The minimum atomic E-state index is -0.0894. The predicted octanol–water partition coefficient (Wildman–Crippen LogP) is 2.12. The van der Waals surface area contributed by atoms with Gasteiger partial charge >= 0.3 is 0 Å². The van der Waals surface area contributed by atoms with Crippen molar-refractivity contribution in [3.05, 3.63) is 34.9 Å². The minimum absolute atomic E-state index is 0.0894. The fourth-order valence-electron chi connectivity index (χ4n) is 1.38. The smallest absolute Gasteiger partial charge is 0.252 e. The van der Waals surface area contributed by atoms with Crippen molar-refractivity contribution in [1.29, 1.82) is 0 Å². The van der Waals surface area contributed by atoms with Crippen LogP contribution in [0.3, 0.4) is 0 Å². The van der Waals surface area contributed by atoms with Gasteiger partial charge in [-0.3, -0.25) is 4.79 Å². The van der Waals surface area contributed by atoms with Gasteiger partial charge in [-0.05, 0) is 25.0 Å². The summed E-state index contributed by atoms with van der Waals surface area (Å²) in [5.74, 6) is 2.47. The molecule has 0 aliphatic carbocycles. The van der Waals surface area contributed by atoms with Crippen molar-refractivity contribution in [3.8, 4) is 12.3 Å². The highest BCUT2D eigenvalue weighted by Crippen LogP contribution is 2.12. The van der Waals surface area contributed by atoms with E-state index in [0.29, 0.717) is 17.7 Å². The van der Waals surface area contributed by atoms with Crippen LogP contribution in [0.2, 0.25) is 0 Å². The summed E-state index contributed by atoms with van der Waals surface area (Å²) in [6.07, 6.45) is 6.31. The highest BCUT2D eigenvalue weighted by Gasteiger charge is 2.10. The lowest BCUT2D eigenvalue weighted by atomic mass is 10.0. The number of hydrogen-bond donors (Lipinski definition) is 1. The minimum Gasteiger partial charge on any atom is -0.352 e. The molecule has 0 bridgehead atoms. The fraction of sp³-hybridized carbons (Fsp3) is 0.308. The second-order valence-electron chi connectivity index (χ2n) is 3.40. The van der Waals surface area contributed by atoms with Gasteiger partial charge < -0.3 is 5.32 Å². The molecule has 15 heavy (non-hydrogen) atoms. The van der Waals surface area contributed by atoms with Crippen molar-refractivity contribution < 1.29 is 4.79 Å². The Bertz CT molecular complexity index is 401. The molecule has 0 fully saturated rings. The Labute approximate surface area is 90.7 Å². The number of hydrogen-bond acceptors (Lipinski definition) is 1. The maximum Gasteiger partial charge on any atom is 0.252 e. The molecule has 0 spiro atoms. The number of carbonyl (C=O) groups excluding carboxylic acids is 1. The van der Waals surface area contributed by atoms with Crippen molar-refractivity contribution in [2.24, 2.45) is 0 Å². The van der Waals surface area contributed by atoms with Gasteiger partial charge in [0, 0.05) is 12.1 Å². The quantitative estimate of drug-likeness (QED) is 0.746. The second kappa shape index (κ2) is 5.21. The summed E-state index contributed by atoms with van der Waals surface area (Å²) < 4.78 is 0. The summed E-state index contributed by atoms with van der Waals surface area (Å²) in [5.41, 5.74) is 2.23. The Morgan fingerprint density at radius 1 is 1.53 bits per heavy atom. The van der Waals surface area contributed by atoms with E-state index in [2.05, 4.69) is 11.2 Å².